The molecule has 4 rings (SSSR count). The normalized spacial score (nSPS) is 14.9. The molecule has 3 aromatic rings. The van der Waals surface area contributed by atoms with Crippen molar-refractivity contribution in [3.05, 3.63) is 52.9 Å². The number of nitrogens with zero attached hydrogens (tertiary/aromatic N) is 1. The Morgan fingerprint density at radius 2 is 1.90 bits per heavy atom. The number of aromatic amines is 2. The molecule has 0 bridgehead atoms. The predicted octanol–water partition coefficient (Wildman–Crippen LogP) is 0.599. The van der Waals surface area contributed by atoms with Crippen LogP contribution in [0.15, 0.2) is 47.3 Å². The van der Waals surface area contributed by atoms with Crippen LogP contribution < -0.4 is 25.5 Å². The summed E-state index contributed by atoms with van der Waals surface area (Å²) in [7, 11) is 0. The zero-order valence-corrected chi connectivity index (χ0v) is 16.5. The number of quaternary nitrogens is 1. The van der Waals surface area contributed by atoms with Gasteiger partial charge in [-0.15, -0.1) is 0 Å². The Morgan fingerprint density at radius 1 is 1.14 bits per heavy atom. The van der Waals surface area contributed by atoms with Crippen molar-refractivity contribution < 1.29 is 14.4 Å². The van der Waals surface area contributed by atoms with Crippen molar-refractivity contribution in [1.29, 1.82) is 0 Å². The summed E-state index contributed by atoms with van der Waals surface area (Å²) in [6.07, 6.45) is 0. The summed E-state index contributed by atoms with van der Waals surface area (Å²) >= 11 is 0. The van der Waals surface area contributed by atoms with Crippen LogP contribution in [-0.2, 0) is 4.79 Å². The van der Waals surface area contributed by atoms with Crippen LogP contribution in [0, 0.1) is 0 Å². The fourth-order valence-electron chi connectivity index (χ4n) is 3.78. The first kappa shape index (κ1) is 19.1. The third kappa shape index (κ3) is 4.43. The number of rotatable bonds is 6. The highest BCUT2D eigenvalue weighted by atomic mass is 16.5. The van der Waals surface area contributed by atoms with Gasteiger partial charge in [-0.1, -0.05) is 12.1 Å². The number of carbonyl (C=O) groups is 1. The topological polar surface area (TPSA) is 94.7 Å². The maximum atomic E-state index is 12.5. The number of nitrogens with one attached hydrogen (secondary N) is 4. The molecule has 1 aliphatic rings. The van der Waals surface area contributed by atoms with E-state index in [2.05, 4.69) is 26.3 Å². The lowest BCUT2D eigenvalue weighted by molar-refractivity contribution is -0.892. The Labute approximate surface area is 168 Å². The molecule has 2 aromatic carbocycles. The summed E-state index contributed by atoms with van der Waals surface area (Å²) in [4.78, 5) is 32.8. The fourth-order valence-corrected chi connectivity index (χ4v) is 3.78. The largest absolute Gasteiger partial charge is 0.492 e. The molecule has 2 heterocycles. The smallest absolute Gasteiger partial charge is 0.323 e. The van der Waals surface area contributed by atoms with E-state index in [1.165, 1.54) is 4.90 Å². The van der Waals surface area contributed by atoms with E-state index in [0.29, 0.717) is 24.4 Å². The quantitative estimate of drug-likeness (QED) is 0.491. The standard InChI is InChI=1S/C21H25N5O3/c1-2-29-19-6-4-3-5-18(19)26-11-9-25(10-12-26)14-20(27)22-15-7-8-16-17(13-15)24-21(28)23-16/h3-8,13H,2,9-12,14H2,1H3,(H,22,27)(H2,23,24,28)/p+1. The number of benzene rings is 2. The van der Waals surface area contributed by atoms with E-state index in [-0.39, 0.29) is 11.6 Å². The summed E-state index contributed by atoms with van der Waals surface area (Å²) in [5.41, 5.74) is 2.95. The van der Waals surface area contributed by atoms with Crippen LogP contribution in [0.2, 0.25) is 0 Å². The number of aromatic nitrogens is 2. The van der Waals surface area contributed by atoms with Crippen LogP contribution in [0.5, 0.6) is 5.75 Å². The highest BCUT2D eigenvalue weighted by Crippen LogP contribution is 2.27. The number of H-pyrrole nitrogens is 2. The number of hydrogen-bond acceptors (Lipinski definition) is 4. The van der Waals surface area contributed by atoms with Crippen LogP contribution in [0.3, 0.4) is 0 Å². The van der Waals surface area contributed by atoms with E-state index in [4.69, 9.17) is 4.74 Å². The van der Waals surface area contributed by atoms with E-state index in [1.807, 2.05) is 25.1 Å². The number of carbonyl (C=O) groups excluding carboxylic acids is 1. The molecule has 29 heavy (non-hydrogen) atoms. The molecule has 4 N–H and O–H groups in total. The van der Waals surface area contributed by atoms with Gasteiger partial charge in [-0.05, 0) is 37.3 Å². The van der Waals surface area contributed by atoms with Gasteiger partial charge >= 0.3 is 5.69 Å². The number of anilines is 2. The van der Waals surface area contributed by atoms with Gasteiger partial charge in [0, 0.05) is 5.69 Å². The molecule has 0 radical (unpaired) electrons. The zero-order chi connectivity index (χ0) is 20.2. The monoisotopic (exact) mass is 396 g/mol. The molecule has 8 heteroatoms. The molecule has 0 saturated carbocycles. The maximum absolute atomic E-state index is 12.5. The molecule has 1 saturated heterocycles. The van der Waals surface area contributed by atoms with Gasteiger partial charge in [0.15, 0.2) is 6.54 Å². The molecule has 1 aliphatic heterocycles. The maximum Gasteiger partial charge on any atom is 0.323 e. The molecule has 1 amide bonds. The van der Waals surface area contributed by atoms with Gasteiger partial charge in [0.1, 0.15) is 5.75 Å². The van der Waals surface area contributed by atoms with E-state index in [9.17, 15) is 9.59 Å². The molecule has 0 spiro atoms. The van der Waals surface area contributed by atoms with E-state index in [1.54, 1.807) is 18.2 Å². The molecule has 0 atom stereocenters. The van der Waals surface area contributed by atoms with Crippen molar-refractivity contribution >= 4 is 28.3 Å². The Balaban J connectivity index is 1.32. The summed E-state index contributed by atoms with van der Waals surface area (Å²) in [5.74, 6) is 0.884. The lowest BCUT2D eigenvalue weighted by atomic mass is 10.2. The highest BCUT2D eigenvalue weighted by molar-refractivity contribution is 5.93. The van der Waals surface area contributed by atoms with Crippen LogP contribution in [0.1, 0.15) is 6.92 Å². The molecular weight excluding hydrogens is 370 g/mol. The summed E-state index contributed by atoms with van der Waals surface area (Å²) in [6.45, 7) is 6.58. The summed E-state index contributed by atoms with van der Waals surface area (Å²) in [6, 6.07) is 13.4. The van der Waals surface area contributed by atoms with Gasteiger partial charge in [-0.2, -0.15) is 0 Å². The lowest BCUT2D eigenvalue weighted by Crippen LogP contribution is -3.15. The number of piperazine rings is 1. The van der Waals surface area contributed by atoms with Crippen molar-refractivity contribution in [2.45, 2.75) is 6.92 Å². The number of amides is 1. The third-order valence-electron chi connectivity index (χ3n) is 5.19. The molecule has 1 fully saturated rings. The molecular formula is C21H26N5O3+. The van der Waals surface area contributed by atoms with Gasteiger partial charge in [0.2, 0.25) is 0 Å². The van der Waals surface area contributed by atoms with E-state index >= 15 is 0 Å². The third-order valence-corrected chi connectivity index (χ3v) is 5.19. The minimum atomic E-state index is -0.253. The van der Waals surface area contributed by atoms with Crippen molar-refractivity contribution in [3.63, 3.8) is 0 Å². The average molecular weight is 396 g/mol. The van der Waals surface area contributed by atoms with Crippen LogP contribution >= 0.6 is 0 Å². The number of para-hydroxylation sites is 2. The SMILES string of the molecule is CCOc1ccccc1N1CC[NH+](CC(=O)Nc2ccc3[nH]c(=O)[nH]c3c2)CC1. The average Bonchev–Trinajstić information content (AvgIpc) is 3.08. The molecule has 8 nitrogen and oxygen atoms in total. The zero-order valence-electron chi connectivity index (χ0n) is 16.5. The van der Waals surface area contributed by atoms with Gasteiger partial charge in [0.25, 0.3) is 5.91 Å². The Kier molecular flexibility index (Phi) is 5.53. The minimum absolute atomic E-state index is 0.0274. The van der Waals surface area contributed by atoms with Crippen molar-refractivity contribution in [2.75, 3.05) is 49.5 Å². The van der Waals surface area contributed by atoms with Crippen molar-refractivity contribution in [3.8, 4) is 5.75 Å². The van der Waals surface area contributed by atoms with E-state index in [0.717, 1.165) is 43.1 Å². The van der Waals surface area contributed by atoms with Gasteiger partial charge in [-0.25, -0.2) is 4.79 Å². The number of hydrogen-bond donors (Lipinski definition) is 4. The molecule has 1 aromatic heterocycles. The van der Waals surface area contributed by atoms with Crippen LogP contribution in [0.4, 0.5) is 11.4 Å². The van der Waals surface area contributed by atoms with Crippen molar-refractivity contribution in [2.24, 2.45) is 0 Å². The highest BCUT2D eigenvalue weighted by Gasteiger charge is 2.24. The number of imidazole rings is 1. The minimum Gasteiger partial charge on any atom is -0.492 e. The predicted molar refractivity (Wildman–Crippen MR) is 113 cm³/mol. The first-order valence-corrected chi connectivity index (χ1v) is 9.94. The first-order valence-electron chi connectivity index (χ1n) is 9.94. The number of fused-ring (bicyclic) bond motifs is 1. The van der Waals surface area contributed by atoms with Gasteiger partial charge in [-0.3, -0.25) is 4.79 Å². The van der Waals surface area contributed by atoms with Gasteiger partial charge < -0.3 is 29.8 Å². The second-order valence-electron chi connectivity index (χ2n) is 7.20. The lowest BCUT2D eigenvalue weighted by Gasteiger charge is -2.34. The van der Waals surface area contributed by atoms with Gasteiger partial charge in [0.05, 0.1) is 49.5 Å². The van der Waals surface area contributed by atoms with Crippen LogP contribution in [-0.4, -0.2) is 55.2 Å². The van der Waals surface area contributed by atoms with Crippen molar-refractivity contribution in [1.82, 2.24) is 9.97 Å². The Bertz CT molecular complexity index is 1050. The Hall–Kier alpha value is -3.26. The fraction of sp³-hybridized carbons (Fsp3) is 0.333. The molecule has 152 valence electrons. The first-order chi connectivity index (χ1) is 14.1. The van der Waals surface area contributed by atoms with Crippen LogP contribution in [0.25, 0.3) is 11.0 Å². The number of ether oxygens (including phenoxy) is 1. The van der Waals surface area contributed by atoms with E-state index < -0.39 is 0 Å². The summed E-state index contributed by atoms with van der Waals surface area (Å²) < 4.78 is 5.74. The Morgan fingerprint density at radius 3 is 2.69 bits per heavy atom. The molecule has 0 aliphatic carbocycles. The second-order valence-corrected chi connectivity index (χ2v) is 7.20. The molecule has 0 unspecified atom stereocenters. The summed E-state index contributed by atoms with van der Waals surface area (Å²) in [5, 5.41) is 2.93. The second kappa shape index (κ2) is 8.40.